The molecule has 0 saturated carbocycles. The third-order valence-electron chi connectivity index (χ3n) is 2.83. The van der Waals surface area contributed by atoms with Gasteiger partial charge in [0.05, 0.1) is 6.42 Å². The summed E-state index contributed by atoms with van der Waals surface area (Å²) in [6.07, 6.45) is -3.56. The molecule has 1 aromatic heterocycles. The molecule has 1 aromatic rings. The van der Waals surface area contributed by atoms with Crippen LogP contribution in [-0.2, 0) is 4.79 Å². The SMILES string of the molecule is CC(C)CN(CCC(=O)O)C(=O)c1ccnc(OCC(F)(F)F)c1. The van der Waals surface area contributed by atoms with Crippen molar-refractivity contribution < 1.29 is 32.6 Å². The van der Waals surface area contributed by atoms with Crippen molar-refractivity contribution in [1.29, 1.82) is 0 Å². The number of ether oxygens (including phenoxy) is 1. The first-order valence-electron chi connectivity index (χ1n) is 7.25. The molecule has 1 N–H and O–H groups in total. The van der Waals surface area contributed by atoms with E-state index in [4.69, 9.17) is 5.11 Å². The minimum Gasteiger partial charge on any atom is -0.481 e. The zero-order valence-electron chi connectivity index (χ0n) is 13.3. The first kappa shape index (κ1) is 19.7. The van der Waals surface area contributed by atoms with Crippen molar-refractivity contribution >= 4 is 11.9 Å². The molecule has 1 amide bonds. The van der Waals surface area contributed by atoms with E-state index in [1.807, 2.05) is 13.8 Å². The van der Waals surface area contributed by atoms with E-state index in [9.17, 15) is 22.8 Å². The van der Waals surface area contributed by atoms with E-state index < -0.39 is 24.7 Å². The molecule has 6 nitrogen and oxygen atoms in total. The van der Waals surface area contributed by atoms with E-state index in [-0.39, 0.29) is 30.3 Å². The fourth-order valence-electron chi connectivity index (χ4n) is 1.91. The van der Waals surface area contributed by atoms with Crippen LogP contribution in [0, 0.1) is 5.92 Å². The van der Waals surface area contributed by atoms with Gasteiger partial charge < -0.3 is 14.7 Å². The van der Waals surface area contributed by atoms with Crippen LogP contribution in [0.15, 0.2) is 18.3 Å². The number of nitrogens with zero attached hydrogens (tertiary/aromatic N) is 2. The van der Waals surface area contributed by atoms with Gasteiger partial charge in [0.15, 0.2) is 6.61 Å². The van der Waals surface area contributed by atoms with Crippen LogP contribution in [0.25, 0.3) is 0 Å². The monoisotopic (exact) mass is 348 g/mol. The van der Waals surface area contributed by atoms with Gasteiger partial charge in [0.2, 0.25) is 5.88 Å². The first-order valence-corrected chi connectivity index (χ1v) is 7.25. The third kappa shape index (κ3) is 7.30. The lowest BCUT2D eigenvalue weighted by Crippen LogP contribution is -2.36. The number of aromatic nitrogens is 1. The standard InChI is InChI=1S/C15H19F3N2O4/c1-10(2)8-20(6-4-13(21)22)14(23)11-3-5-19-12(7-11)24-9-15(16,17)18/h3,5,7,10H,4,6,8-9H2,1-2H3,(H,21,22). The van der Waals surface area contributed by atoms with Gasteiger partial charge in [-0.25, -0.2) is 4.98 Å². The number of aliphatic carboxylic acids is 1. The number of carboxylic acids is 1. The van der Waals surface area contributed by atoms with Crippen LogP contribution in [0.1, 0.15) is 30.6 Å². The summed E-state index contributed by atoms with van der Waals surface area (Å²) in [5.41, 5.74) is 0.0909. The number of amides is 1. The van der Waals surface area contributed by atoms with Gasteiger partial charge in [-0.1, -0.05) is 13.8 Å². The lowest BCUT2D eigenvalue weighted by atomic mass is 10.1. The summed E-state index contributed by atoms with van der Waals surface area (Å²) in [7, 11) is 0. The number of carbonyl (C=O) groups excluding carboxylic acids is 1. The number of carbonyl (C=O) groups is 2. The second kappa shape index (κ2) is 8.51. The average Bonchev–Trinajstić information content (AvgIpc) is 2.48. The molecule has 0 bridgehead atoms. The maximum absolute atomic E-state index is 12.5. The zero-order chi connectivity index (χ0) is 18.3. The molecule has 0 unspecified atom stereocenters. The van der Waals surface area contributed by atoms with Crippen molar-refractivity contribution in [3.63, 3.8) is 0 Å². The molecular weight excluding hydrogens is 329 g/mol. The highest BCUT2D eigenvalue weighted by atomic mass is 19.4. The van der Waals surface area contributed by atoms with E-state index in [0.29, 0.717) is 6.54 Å². The van der Waals surface area contributed by atoms with Crippen molar-refractivity contribution in [2.24, 2.45) is 5.92 Å². The Morgan fingerprint density at radius 1 is 1.38 bits per heavy atom. The number of hydrogen-bond donors (Lipinski definition) is 1. The number of carboxylic acid groups (broad SMARTS) is 1. The Labute approximate surface area is 137 Å². The summed E-state index contributed by atoms with van der Waals surface area (Å²) >= 11 is 0. The fourth-order valence-corrected chi connectivity index (χ4v) is 1.91. The van der Waals surface area contributed by atoms with Crippen LogP contribution in [-0.4, -0.2) is 52.7 Å². The van der Waals surface area contributed by atoms with Gasteiger partial charge in [-0.15, -0.1) is 0 Å². The average molecular weight is 348 g/mol. The minimum atomic E-state index is -4.51. The Morgan fingerprint density at radius 2 is 2.04 bits per heavy atom. The maximum Gasteiger partial charge on any atom is 0.422 e. The van der Waals surface area contributed by atoms with Crippen LogP contribution in [0.2, 0.25) is 0 Å². The molecule has 9 heteroatoms. The van der Waals surface area contributed by atoms with E-state index in [2.05, 4.69) is 9.72 Å². The number of alkyl halides is 3. The molecule has 1 heterocycles. The molecule has 0 aliphatic carbocycles. The second-order valence-corrected chi connectivity index (χ2v) is 5.58. The van der Waals surface area contributed by atoms with Crippen molar-refractivity contribution in [3.8, 4) is 5.88 Å². The Balaban J connectivity index is 2.87. The Morgan fingerprint density at radius 3 is 2.58 bits per heavy atom. The van der Waals surface area contributed by atoms with Gasteiger partial charge in [0.25, 0.3) is 5.91 Å². The molecule has 134 valence electrons. The predicted molar refractivity (Wildman–Crippen MR) is 78.8 cm³/mol. The third-order valence-corrected chi connectivity index (χ3v) is 2.83. The second-order valence-electron chi connectivity index (χ2n) is 5.58. The Hall–Kier alpha value is -2.32. The molecule has 0 atom stereocenters. The molecule has 0 aromatic carbocycles. The molecule has 0 fully saturated rings. The van der Waals surface area contributed by atoms with E-state index >= 15 is 0 Å². The van der Waals surface area contributed by atoms with Crippen molar-refractivity contribution in [2.75, 3.05) is 19.7 Å². The van der Waals surface area contributed by atoms with Gasteiger partial charge in [0.1, 0.15) is 0 Å². The molecule has 24 heavy (non-hydrogen) atoms. The number of halogens is 3. The van der Waals surface area contributed by atoms with E-state index in [1.165, 1.54) is 17.2 Å². The molecule has 0 saturated heterocycles. The first-order chi connectivity index (χ1) is 11.1. The number of pyridine rings is 1. The summed E-state index contributed by atoms with van der Waals surface area (Å²) in [5.74, 6) is -1.74. The normalized spacial score (nSPS) is 11.4. The highest BCUT2D eigenvalue weighted by Crippen LogP contribution is 2.18. The minimum absolute atomic E-state index is 0.00735. The quantitative estimate of drug-likeness (QED) is 0.781. The molecule has 0 aliphatic rings. The maximum atomic E-state index is 12.5. The molecule has 1 rings (SSSR count). The van der Waals surface area contributed by atoms with Gasteiger partial charge >= 0.3 is 12.1 Å². The van der Waals surface area contributed by atoms with Crippen LogP contribution >= 0.6 is 0 Å². The summed E-state index contributed by atoms with van der Waals surface area (Å²) in [5, 5.41) is 8.76. The summed E-state index contributed by atoms with van der Waals surface area (Å²) in [6.45, 7) is 2.56. The van der Waals surface area contributed by atoms with E-state index in [0.717, 1.165) is 6.07 Å². The molecular formula is C15H19F3N2O4. The summed E-state index contributed by atoms with van der Waals surface area (Å²) < 4.78 is 41.0. The van der Waals surface area contributed by atoms with Crippen LogP contribution in [0.4, 0.5) is 13.2 Å². The predicted octanol–water partition coefficient (Wildman–Crippen LogP) is 2.60. The van der Waals surface area contributed by atoms with Crippen molar-refractivity contribution in [2.45, 2.75) is 26.4 Å². The zero-order valence-corrected chi connectivity index (χ0v) is 13.3. The number of rotatable bonds is 8. The summed E-state index contributed by atoms with van der Waals surface area (Å²) in [6, 6.07) is 2.46. The van der Waals surface area contributed by atoms with Crippen LogP contribution in [0.3, 0.4) is 0 Å². The highest BCUT2D eigenvalue weighted by molar-refractivity contribution is 5.94. The Bertz CT molecular complexity index is 576. The van der Waals surface area contributed by atoms with Gasteiger partial charge in [0, 0.05) is 30.9 Å². The lowest BCUT2D eigenvalue weighted by molar-refractivity contribution is -0.154. The number of hydrogen-bond acceptors (Lipinski definition) is 4. The topological polar surface area (TPSA) is 79.7 Å². The molecule has 0 spiro atoms. The fraction of sp³-hybridized carbons (Fsp3) is 0.533. The van der Waals surface area contributed by atoms with Crippen molar-refractivity contribution in [1.82, 2.24) is 9.88 Å². The van der Waals surface area contributed by atoms with Crippen LogP contribution in [0.5, 0.6) is 5.88 Å². The molecule has 0 aliphatic heterocycles. The largest absolute Gasteiger partial charge is 0.481 e. The van der Waals surface area contributed by atoms with Gasteiger partial charge in [-0.05, 0) is 12.0 Å². The smallest absolute Gasteiger partial charge is 0.422 e. The van der Waals surface area contributed by atoms with Gasteiger partial charge in [-0.3, -0.25) is 9.59 Å². The lowest BCUT2D eigenvalue weighted by Gasteiger charge is -2.24. The Kier molecular flexibility index (Phi) is 6.99. The highest BCUT2D eigenvalue weighted by Gasteiger charge is 2.29. The molecule has 0 radical (unpaired) electrons. The van der Waals surface area contributed by atoms with E-state index in [1.54, 1.807) is 0 Å². The van der Waals surface area contributed by atoms with Crippen LogP contribution < -0.4 is 4.74 Å². The van der Waals surface area contributed by atoms with Crippen molar-refractivity contribution in [3.05, 3.63) is 23.9 Å². The summed E-state index contributed by atoms with van der Waals surface area (Å²) in [4.78, 5) is 28.2. The van der Waals surface area contributed by atoms with Gasteiger partial charge in [-0.2, -0.15) is 13.2 Å².